The second-order valence-corrected chi connectivity index (χ2v) is 9.55. The van der Waals surface area contributed by atoms with E-state index in [4.69, 9.17) is 14.6 Å². The van der Waals surface area contributed by atoms with Crippen LogP contribution in [0.2, 0.25) is 0 Å². The highest BCUT2D eigenvalue weighted by Crippen LogP contribution is 2.40. The molecule has 2 heterocycles. The number of benzene rings is 2. The van der Waals surface area contributed by atoms with Gasteiger partial charge in [-0.25, -0.2) is 4.68 Å². The van der Waals surface area contributed by atoms with Crippen molar-refractivity contribution in [3.05, 3.63) is 65.4 Å². The van der Waals surface area contributed by atoms with Gasteiger partial charge in [0.05, 0.1) is 18.8 Å². The summed E-state index contributed by atoms with van der Waals surface area (Å²) in [6, 6.07) is 14.8. The number of carbonyl (C=O) groups excluding carboxylic acids is 1. The Morgan fingerprint density at radius 1 is 1.11 bits per heavy atom. The summed E-state index contributed by atoms with van der Waals surface area (Å²) >= 11 is 1.56. The van der Waals surface area contributed by atoms with E-state index in [1.54, 1.807) is 16.4 Å². The van der Waals surface area contributed by atoms with Gasteiger partial charge in [-0.15, -0.1) is 5.10 Å². The van der Waals surface area contributed by atoms with Gasteiger partial charge in [0.15, 0.2) is 11.5 Å². The molecule has 190 valence electrons. The van der Waals surface area contributed by atoms with Crippen molar-refractivity contribution in [2.75, 3.05) is 29.6 Å². The monoisotopic (exact) mass is 507 g/mol. The topological polar surface area (TPSA) is 90.3 Å². The predicted molar refractivity (Wildman–Crippen MR) is 144 cm³/mol. The molecule has 1 aromatic heterocycles. The van der Waals surface area contributed by atoms with Gasteiger partial charge in [-0.1, -0.05) is 56.3 Å². The lowest BCUT2D eigenvalue weighted by atomic mass is 9.94. The van der Waals surface area contributed by atoms with E-state index in [0.29, 0.717) is 41.4 Å². The van der Waals surface area contributed by atoms with Crippen LogP contribution in [0.5, 0.6) is 11.5 Å². The van der Waals surface area contributed by atoms with E-state index < -0.39 is 6.04 Å². The van der Waals surface area contributed by atoms with Crippen LogP contribution in [0.3, 0.4) is 0 Å². The second-order valence-electron chi connectivity index (χ2n) is 8.32. The summed E-state index contributed by atoms with van der Waals surface area (Å²) in [7, 11) is 0. The number of hydrogen-bond donors (Lipinski definition) is 2. The summed E-state index contributed by atoms with van der Waals surface area (Å²) in [6.07, 6.45) is 2.02. The van der Waals surface area contributed by atoms with Crippen molar-refractivity contribution in [1.82, 2.24) is 14.8 Å². The SMILES string of the molecule is CCCCOc1ccc(C2C(C(=O)Nc3ccccc3)=C(C)Nc3nc(SCC)nn32)cc1OCC. The van der Waals surface area contributed by atoms with E-state index in [1.807, 2.05) is 62.4 Å². The molecule has 1 atom stereocenters. The highest BCUT2D eigenvalue weighted by atomic mass is 32.2. The quantitative estimate of drug-likeness (QED) is 0.247. The van der Waals surface area contributed by atoms with E-state index in [9.17, 15) is 4.79 Å². The number of carbonyl (C=O) groups is 1. The average Bonchev–Trinajstić information content (AvgIpc) is 3.27. The molecule has 3 aromatic rings. The zero-order valence-corrected chi connectivity index (χ0v) is 22.0. The van der Waals surface area contributed by atoms with E-state index >= 15 is 0 Å². The Morgan fingerprint density at radius 2 is 1.92 bits per heavy atom. The van der Waals surface area contributed by atoms with E-state index in [-0.39, 0.29) is 5.91 Å². The lowest BCUT2D eigenvalue weighted by Gasteiger charge is -2.29. The molecule has 1 aliphatic heterocycles. The summed E-state index contributed by atoms with van der Waals surface area (Å²) in [5.41, 5.74) is 2.87. The Balaban J connectivity index is 1.77. The molecule has 0 saturated carbocycles. The summed E-state index contributed by atoms with van der Waals surface area (Å²) in [4.78, 5) is 18.3. The number of nitrogens with one attached hydrogen (secondary N) is 2. The first kappa shape index (κ1) is 25.6. The van der Waals surface area contributed by atoms with Gasteiger partial charge in [-0.2, -0.15) is 4.98 Å². The van der Waals surface area contributed by atoms with Crippen molar-refractivity contribution in [3.8, 4) is 11.5 Å². The third kappa shape index (κ3) is 5.67. The van der Waals surface area contributed by atoms with Gasteiger partial charge in [-0.05, 0) is 55.9 Å². The number of nitrogens with zero attached hydrogens (tertiary/aromatic N) is 3. The summed E-state index contributed by atoms with van der Waals surface area (Å²) in [5, 5.41) is 11.7. The van der Waals surface area contributed by atoms with Crippen molar-refractivity contribution >= 4 is 29.3 Å². The van der Waals surface area contributed by atoms with Crippen LogP contribution in [-0.4, -0.2) is 39.6 Å². The number of allylic oxidation sites excluding steroid dienone is 1. The van der Waals surface area contributed by atoms with Gasteiger partial charge < -0.3 is 20.1 Å². The molecule has 0 radical (unpaired) electrons. The highest BCUT2D eigenvalue weighted by molar-refractivity contribution is 7.99. The molecule has 1 aliphatic rings. The van der Waals surface area contributed by atoms with Crippen molar-refractivity contribution in [3.63, 3.8) is 0 Å². The zero-order valence-electron chi connectivity index (χ0n) is 21.2. The van der Waals surface area contributed by atoms with Crippen molar-refractivity contribution in [2.24, 2.45) is 0 Å². The van der Waals surface area contributed by atoms with Crippen LogP contribution in [0.25, 0.3) is 0 Å². The summed E-state index contributed by atoms with van der Waals surface area (Å²) in [5.74, 6) is 2.59. The lowest BCUT2D eigenvalue weighted by Crippen LogP contribution is -2.31. The number of fused-ring (bicyclic) bond motifs is 1. The third-order valence-corrected chi connectivity index (χ3v) is 6.44. The molecular weight excluding hydrogens is 474 g/mol. The van der Waals surface area contributed by atoms with Crippen LogP contribution in [0.15, 0.2) is 65.0 Å². The number of anilines is 2. The lowest BCUT2D eigenvalue weighted by molar-refractivity contribution is -0.113. The van der Waals surface area contributed by atoms with E-state index in [0.717, 1.165) is 35.5 Å². The first-order chi connectivity index (χ1) is 17.5. The Labute approximate surface area is 216 Å². The van der Waals surface area contributed by atoms with Gasteiger partial charge in [0, 0.05) is 11.4 Å². The van der Waals surface area contributed by atoms with Crippen molar-refractivity contribution < 1.29 is 14.3 Å². The van der Waals surface area contributed by atoms with Gasteiger partial charge in [-0.3, -0.25) is 4.79 Å². The fourth-order valence-corrected chi connectivity index (χ4v) is 4.61. The maximum Gasteiger partial charge on any atom is 0.255 e. The molecule has 0 fully saturated rings. The number of unbranched alkanes of at least 4 members (excludes halogenated alkanes) is 1. The van der Waals surface area contributed by atoms with Crippen LogP contribution >= 0.6 is 11.8 Å². The molecule has 4 rings (SSSR count). The van der Waals surface area contributed by atoms with Crippen LogP contribution in [0, 0.1) is 0 Å². The van der Waals surface area contributed by atoms with Crippen molar-refractivity contribution in [2.45, 2.75) is 51.7 Å². The number of amides is 1. The molecule has 9 heteroatoms. The Bertz CT molecular complexity index is 1230. The minimum Gasteiger partial charge on any atom is -0.490 e. The molecule has 36 heavy (non-hydrogen) atoms. The Hall–Kier alpha value is -3.46. The molecule has 1 amide bonds. The third-order valence-electron chi connectivity index (χ3n) is 5.72. The normalized spacial score (nSPS) is 14.7. The minimum atomic E-state index is -0.493. The number of ether oxygens (including phenoxy) is 2. The number of hydrogen-bond acceptors (Lipinski definition) is 7. The molecular formula is C27H33N5O3S. The fourth-order valence-electron chi connectivity index (χ4n) is 4.05. The minimum absolute atomic E-state index is 0.205. The van der Waals surface area contributed by atoms with Crippen LogP contribution in [0.4, 0.5) is 11.6 Å². The smallest absolute Gasteiger partial charge is 0.255 e. The summed E-state index contributed by atoms with van der Waals surface area (Å²) in [6.45, 7) is 9.15. The fraction of sp³-hybridized carbons (Fsp3) is 0.370. The maximum absolute atomic E-state index is 13.6. The van der Waals surface area contributed by atoms with Gasteiger partial charge in [0.2, 0.25) is 11.1 Å². The molecule has 1 unspecified atom stereocenters. The number of thioether (sulfide) groups is 1. The molecule has 0 saturated heterocycles. The first-order valence-corrected chi connectivity index (χ1v) is 13.4. The second kappa shape index (κ2) is 12.0. The molecule has 0 bridgehead atoms. The number of rotatable bonds is 11. The van der Waals surface area contributed by atoms with Gasteiger partial charge in [0.25, 0.3) is 5.91 Å². The maximum atomic E-state index is 13.6. The van der Waals surface area contributed by atoms with Gasteiger partial charge >= 0.3 is 0 Å². The molecule has 0 spiro atoms. The van der Waals surface area contributed by atoms with Crippen molar-refractivity contribution in [1.29, 1.82) is 0 Å². The van der Waals surface area contributed by atoms with E-state index in [2.05, 4.69) is 29.5 Å². The Morgan fingerprint density at radius 3 is 2.64 bits per heavy atom. The molecule has 0 aliphatic carbocycles. The number of aromatic nitrogens is 3. The number of para-hydroxylation sites is 1. The Kier molecular flexibility index (Phi) is 8.53. The van der Waals surface area contributed by atoms with Crippen LogP contribution in [0.1, 0.15) is 52.1 Å². The van der Waals surface area contributed by atoms with Gasteiger partial charge in [0.1, 0.15) is 6.04 Å². The average molecular weight is 508 g/mol. The van der Waals surface area contributed by atoms with Crippen LogP contribution in [-0.2, 0) is 4.79 Å². The summed E-state index contributed by atoms with van der Waals surface area (Å²) < 4.78 is 13.7. The predicted octanol–water partition coefficient (Wildman–Crippen LogP) is 5.90. The zero-order chi connectivity index (χ0) is 25.5. The van der Waals surface area contributed by atoms with E-state index in [1.165, 1.54) is 0 Å². The molecule has 8 nitrogen and oxygen atoms in total. The highest BCUT2D eigenvalue weighted by Gasteiger charge is 2.35. The van der Waals surface area contributed by atoms with Crippen LogP contribution < -0.4 is 20.1 Å². The first-order valence-electron chi connectivity index (χ1n) is 12.4. The molecule has 2 aromatic carbocycles. The largest absolute Gasteiger partial charge is 0.490 e. The standard InChI is InChI=1S/C27H33N5O3S/c1-5-8-16-35-21-15-14-19(17-22(21)34-6-2)24-23(25(33)29-20-12-10-9-11-13-20)18(4)28-26-30-27(36-7-3)31-32(24)26/h9-15,17,24H,5-8,16H2,1-4H3,(H,29,33)(H,28,30,31). The molecule has 2 N–H and O–H groups in total.